The van der Waals surface area contributed by atoms with E-state index in [0.29, 0.717) is 19.4 Å². The topological polar surface area (TPSA) is 161 Å². The molecule has 12 nitrogen and oxygen atoms in total. The van der Waals surface area contributed by atoms with E-state index in [1.807, 2.05) is 51.1 Å². The number of nitrogens with one attached hydrogen (secondary N) is 4. The maximum atomic E-state index is 13.9. The van der Waals surface area contributed by atoms with Gasteiger partial charge < -0.3 is 35.5 Å². The van der Waals surface area contributed by atoms with Crippen LogP contribution in [-0.4, -0.2) is 78.4 Å². The molecule has 0 saturated carbocycles. The summed E-state index contributed by atoms with van der Waals surface area (Å²) < 4.78 is 16.5. The smallest absolute Gasteiger partial charge is 0.408 e. The van der Waals surface area contributed by atoms with Gasteiger partial charge in [-0.2, -0.15) is 0 Å². The van der Waals surface area contributed by atoms with Crippen molar-refractivity contribution in [1.29, 1.82) is 0 Å². The molecule has 4 N–H and O–H groups in total. The molecule has 0 bridgehead atoms. The number of hydrogen-bond donors (Lipinski definition) is 4. The van der Waals surface area contributed by atoms with Crippen LogP contribution < -0.4 is 21.3 Å². The summed E-state index contributed by atoms with van der Waals surface area (Å²) in [7, 11) is 0. The minimum atomic E-state index is -1.19. The quantitative estimate of drug-likeness (QED) is 0.215. The fraction of sp³-hybridized carbons (Fsp3) is 0.667. The van der Waals surface area contributed by atoms with Crippen molar-refractivity contribution in [3.8, 4) is 0 Å². The molecule has 0 spiro atoms. The predicted molar refractivity (Wildman–Crippen MR) is 169 cm³/mol. The molecule has 1 aromatic carbocycles. The fourth-order valence-corrected chi connectivity index (χ4v) is 5.07. The first-order chi connectivity index (χ1) is 21.0. The second-order valence-corrected chi connectivity index (χ2v) is 13.4. The zero-order valence-corrected chi connectivity index (χ0v) is 28.0. The minimum Gasteiger partial charge on any atom is -0.466 e. The van der Waals surface area contributed by atoms with Gasteiger partial charge in [0.05, 0.1) is 18.3 Å². The summed E-state index contributed by atoms with van der Waals surface area (Å²) in [5.74, 6) is -1.92. The predicted octanol–water partition coefficient (Wildman–Crippen LogP) is 3.17. The van der Waals surface area contributed by atoms with Crippen LogP contribution in [0.5, 0.6) is 0 Å². The van der Waals surface area contributed by atoms with Crippen LogP contribution in [-0.2, 0) is 39.8 Å². The van der Waals surface area contributed by atoms with Crippen molar-refractivity contribution in [2.45, 2.75) is 123 Å². The lowest BCUT2D eigenvalue weighted by molar-refractivity contribution is -0.143. The Bertz CT molecular complexity index is 1150. The van der Waals surface area contributed by atoms with Crippen LogP contribution in [0.3, 0.4) is 0 Å². The van der Waals surface area contributed by atoms with E-state index in [0.717, 1.165) is 5.56 Å². The van der Waals surface area contributed by atoms with Crippen molar-refractivity contribution in [2.75, 3.05) is 13.2 Å². The Morgan fingerprint density at radius 1 is 0.956 bits per heavy atom. The van der Waals surface area contributed by atoms with Crippen molar-refractivity contribution in [3.63, 3.8) is 0 Å². The Hall–Kier alpha value is -3.67. The van der Waals surface area contributed by atoms with Gasteiger partial charge >= 0.3 is 12.1 Å². The maximum absolute atomic E-state index is 13.9. The summed E-state index contributed by atoms with van der Waals surface area (Å²) in [5, 5.41) is 11.2. The monoisotopic (exact) mass is 632 g/mol. The van der Waals surface area contributed by atoms with E-state index in [-0.39, 0.29) is 37.7 Å². The maximum Gasteiger partial charge on any atom is 0.408 e. The SMILES string of the molecule is CCOC(=O)CCC(CC1CCNC1=O)NC(=O)C(Cc1ccccc1)NC(=O)C(NC(=O)OC(C)(C)C)C(C)OC(C)(C)C. The minimum absolute atomic E-state index is 0.0619. The molecule has 45 heavy (non-hydrogen) atoms. The lowest BCUT2D eigenvalue weighted by Gasteiger charge is -2.32. The zero-order valence-electron chi connectivity index (χ0n) is 28.0. The first kappa shape index (κ1) is 37.5. The van der Waals surface area contributed by atoms with Gasteiger partial charge in [-0.3, -0.25) is 19.2 Å². The van der Waals surface area contributed by atoms with Gasteiger partial charge in [-0.15, -0.1) is 0 Å². The van der Waals surface area contributed by atoms with Gasteiger partial charge in [0.25, 0.3) is 0 Å². The third-order valence-corrected chi connectivity index (χ3v) is 6.96. The lowest BCUT2D eigenvalue weighted by Crippen LogP contribution is -2.59. The van der Waals surface area contributed by atoms with Crippen molar-refractivity contribution in [1.82, 2.24) is 21.3 Å². The zero-order chi connectivity index (χ0) is 33.8. The van der Waals surface area contributed by atoms with Gasteiger partial charge in [-0.05, 0) is 80.2 Å². The van der Waals surface area contributed by atoms with E-state index in [2.05, 4.69) is 21.3 Å². The second kappa shape index (κ2) is 17.1. The van der Waals surface area contributed by atoms with E-state index in [9.17, 15) is 24.0 Å². The van der Waals surface area contributed by atoms with Crippen molar-refractivity contribution >= 4 is 29.8 Å². The number of carbonyl (C=O) groups is 5. The molecule has 1 heterocycles. The number of benzene rings is 1. The van der Waals surface area contributed by atoms with Crippen molar-refractivity contribution < 1.29 is 38.2 Å². The summed E-state index contributed by atoms with van der Waals surface area (Å²) >= 11 is 0. The molecule has 5 atom stereocenters. The average Bonchev–Trinajstić information content (AvgIpc) is 3.32. The summed E-state index contributed by atoms with van der Waals surface area (Å²) in [6, 6.07) is 6.44. The number of esters is 1. The van der Waals surface area contributed by atoms with Crippen LogP contribution in [0, 0.1) is 5.92 Å². The Morgan fingerprint density at radius 2 is 1.62 bits per heavy atom. The Kier molecular flexibility index (Phi) is 14.3. The highest BCUT2D eigenvalue weighted by molar-refractivity contribution is 5.92. The summed E-state index contributed by atoms with van der Waals surface area (Å²) in [5.41, 5.74) is -0.636. The van der Waals surface area contributed by atoms with E-state index < -0.39 is 59.3 Å². The molecular formula is C33H52N4O8. The average molecular weight is 633 g/mol. The summed E-state index contributed by atoms with van der Waals surface area (Å²) in [4.78, 5) is 64.9. The van der Waals surface area contributed by atoms with Crippen LogP contribution in [0.25, 0.3) is 0 Å². The molecule has 1 aromatic rings. The van der Waals surface area contributed by atoms with Gasteiger partial charge in [0, 0.05) is 31.3 Å². The molecule has 2 rings (SSSR count). The van der Waals surface area contributed by atoms with Crippen LogP contribution in [0.15, 0.2) is 30.3 Å². The third kappa shape index (κ3) is 14.3. The van der Waals surface area contributed by atoms with Crippen LogP contribution in [0.4, 0.5) is 4.79 Å². The largest absolute Gasteiger partial charge is 0.466 e. The molecule has 4 amide bonds. The van der Waals surface area contributed by atoms with Crippen molar-refractivity contribution in [2.24, 2.45) is 5.92 Å². The number of carbonyl (C=O) groups excluding carboxylic acids is 5. The molecule has 252 valence electrons. The van der Waals surface area contributed by atoms with Gasteiger partial charge in [0.1, 0.15) is 17.7 Å². The Morgan fingerprint density at radius 3 is 2.18 bits per heavy atom. The molecule has 12 heteroatoms. The standard InChI is InChI=1S/C33H52N4O8/c1-9-43-26(38)16-15-24(20-23-17-18-34-28(23)39)35-29(40)25(19-22-13-11-10-12-14-22)36-30(41)27(21(2)44-32(3,4)5)37-31(42)45-33(6,7)8/h10-14,21,23-25,27H,9,15-20H2,1-8H3,(H,34,39)(H,35,40)(H,36,41)(H,37,42). The third-order valence-electron chi connectivity index (χ3n) is 6.96. The van der Waals surface area contributed by atoms with E-state index in [1.165, 1.54) is 0 Å². The molecule has 1 aliphatic heterocycles. The van der Waals surface area contributed by atoms with Crippen LogP contribution in [0.1, 0.15) is 86.6 Å². The molecule has 0 radical (unpaired) electrons. The molecule has 5 unspecified atom stereocenters. The summed E-state index contributed by atoms with van der Waals surface area (Å²) in [6.07, 6.45) is -0.144. The molecule has 0 aliphatic carbocycles. The molecule has 1 aliphatic rings. The van der Waals surface area contributed by atoms with Gasteiger partial charge in [0.2, 0.25) is 17.7 Å². The first-order valence-corrected chi connectivity index (χ1v) is 15.7. The highest BCUT2D eigenvalue weighted by atomic mass is 16.6. The number of hydrogen-bond acceptors (Lipinski definition) is 8. The van der Waals surface area contributed by atoms with E-state index in [1.54, 1.807) is 34.6 Å². The Balaban J connectivity index is 2.33. The van der Waals surface area contributed by atoms with Gasteiger partial charge in [-0.25, -0.2) is 4.79 Å². The molecule has 0 aromatic heterocycles. The molecular weight excluding hydrogens is 580 g/mol. The fourth-order valence-electron chi connectivity index (χ4n) is 5.07. The highest BCUT2D eigenvalue weighted by Crippen LogP contribution is 2.20. The van der Waals surface area contributed by atoms with Crippen LogP contribution in [0.2, 0.25) is 0 Å². The highest BCUT2D eigenvalue weighted by Gasteiger charge is 2.35. The van der Waals surface area contributed by atoms with Crippen molar-refractivity contribution in [3.05, 3.63) is 35.9 Å². The second-order valence-electron chi connectivity index (χ2n) is 13.4. The van der Waals surface area contributed by atoms with Gasteiger partial charge in [-0.1, -0.05) is 30.3 Å². The molecule has 1 fully saturated rings. The lowest BCUT2D eigenvalue weighted by atomic mass is 9.94. The number of ether oxygens (including phenoxy) is 3. The number of alkyl carbamates (subject to hydrolysis) is 1. The number of amides is 4. The summed E-state index contributed by atoms with van der Waals surface area (Å²) in [6.45, 7) is 14.8. The normalized spacial score (nSPS) is 17.7. The molecule has 1 saturated heterocycles. The Labute approximate surface area is 267 Å². The van der Waals surface area contributed by atoms with Crippen LogP contribution >= 0.6 is 0 Å². The first-order valence-electron chi connectivity index (χ1n) is 15.7. The van der Waals surface area contributed by atoms with E-state index in [4.69, 9.17) is 14.2 Å². The van der Waals surface area contributed by atoms with E-state index >= 15 is 0 Å². The number of rotatable bonds is 15. The van der Waals surface area contributed by atoms with Gasteiger partial charge in [0.15, 0.2) is 0 Å².